The van der Waals surface area contributed by atoms with E-state index in [1.807, 2.05) is 18.4 Å². The van der Waals surface area contributed by atoms with Crippen molar-refractivity contribution in [1.29, 1.82) is 0 Å². The number of nitro benzene ring substituents is 1. The van der Waals surface area contributed by atoms with Crippen molar-refractivity contribution in [1.82, 2.24) is 4.72 Å². The van der Waals surface area contributed by atoms with Crippen LogP contribution < -0.4 is 4.72 Å². The molecule has 7 nitrogen and oxygen atoms in total. The Bertz CT molecular complexity index is 829. The Morgan fingerprint density at radius 1 is 1.30 bits per heavy atom. The molecule has 0 aliphatic heterocycles. The van der Waals surface area contributed by atoms with Crippen molar-refractivity contribution < 1.29 is 18.4 Å². The SMILES string of the molecule is Cc1ccc([N+](=O)[O-])cc1S(=O)(=O)NCC(O)c1sccc1C. The first-order chi connectivity index (χ1) is 10.7. The van der Waals surface area contributed by atoms with Crippen LogP contribution in [0.5, 0.6) is 0 Å². The molecule has 0 saturated heterocycles. The molecule has 9 heteroatoms. The van der Waals surface area contributed by atoms with Crippen molar-refractivity contribution >= 4 is 27.0 Å². The molecule has 0 amide bonds. The van der Waals surface area contributed by atoms with E-state index >= 15 is 0 Å². The highest BCUT2D eigenvalue weighted by Crippen LogP contribution is 2.25. The molecular formula is C14H16N2O5S2. The first-order valence-corrected chi connectivity index (χ1v) is 9.05. The Morgan fingerprint density at radius 3 is 2.57 bits per heavy atom. The first kappa shape index (κ1) is 17.5. The molecule has 0 saturated carbocycles. The third-order valence-corrected chi connectivity index (χ3v) is 6.03. The predicted octanol–water partition coefficient (Wildman–Crippen LogP) is 2.29. The van der Waals surface area contributed by atoms with Crippen LogP contribution in [-0.4, -0.2) is 25.0 Å². The molecular weight excluding hydrogens is 340 g/mol. The average Bonchev–Trinajstić information content (AvgIpc) is 2.91. The van der Waals surface area contributed by atoms with Crippen molar-refractivity contribution in [2.24, 2.45) is 0 Å². The molecule has 1 aromatic heterocycles. The monoisotopic (exact) mass is 356 g/mol. The smallest absolute Gasteiger partial charge is 0.270 e. The number of thiophene rings is 1. The number of sulfonamides is 1. The molecule has 1 atom stereocenters. The second-order valence-electron chi connectivity index (χ2n) is 5.04. The van der Waals surface area contributed by atoms with E-state index in [1.165, 1.54) is 23.5 Å². The summed E-state index contributed by atoms with van der Waals surface area (Å²) in [5, 5.41) is 22.7. The fourth-order valence-corrected chi connectivity index (χ4v) is 4.29. The molecule has 1 unspecified atom stereocenters. The number of nitrogens with one attached hydrogen (secondary N) is 1. The predicted molar refractivity (Wildman–Crippen MR) is 87.0 cm³/mol. The third-order valence-electron chi connectivity index (χ3n) is 3.34. The lowest BCUT2D eigenvalue weighted by atomic mass is 10.2. The summed E-state index contributed by atoms with van der Waals surface area (Å²) in [5.41, 5.74) is 0.976. The lowest BCUT2D eigenvalue weighted by molar-refractivity contribution is -0.385. The summed E-state index contributed by atoms with van der Waals surface area (Å²) < 4.78 is 27.0. The maximum Gasteiger partial charge on any atom is 0.270 e. The Kier molecular flexibility index (Phi) is 5.15. The normalized spacial score (nSPS) is 13.0. The number of aliphatic hydroxyl groups is 1. The number of aryl methyl sites for hydroxylation is 2. The van der Waals surface area contributed by atoms with Crippen molar-refractivity contribution in [3.05, 3.63) is 55.8 Å². The largest absolute Gasteiger partial charge is 0.386 e. The van der Waals surface area contributed by atoms with Crippen LogP contribution in [0.2, 0.25) is 0 Å². The minimum absolute atomic E-state index is 0.165. The van der Waals surface area contributed by atoms with Crippen LogP contribution in [0.1, 0.15) is 22.1 Å². The molecule has 0 aliphatic rings. The molecule has 0 bridgehead atoms. The average molecular weight is 356 g/mol. The zero-order valence-corrected chi connectivity index (χ0v) is 14.1. The number of non-ortho nitro benzene ring substituents is 1. The number of hydrogen-bond acceptors (Lipinski definition) is 6. The maximum atomic E-state index is 12.3. The third kappa shape index (κ3) is 3.94. The van der Waals surface area contributed by atoms with Crippen molar-refractivity contribution in [2.45, 2.75) is 24.8 Å². The zero-order valence-electron chi connectivity index (χ0n) is 12.5. The minimum Gasteiger partial charge on any atom is -0.386 e. The topological polar surface area (TPSA) is 110 Å². The van der Waals surface area contributed by atoms with Crippen LogP contribution in [0.3, 0.4) is 0 Å². The van der Waals surface area contributed by atoms with Gasteiger partial charge in [0.15, 0.2) is 0 Å². The summed E-state index contributed by atoms with van der Waals surface area (Å²) in [5.74, 6) is 0. The van der Waals surface area contributed by atoms with Gasteiger partial charge in [0.05, 0.1) is 9.82 Å². The van der Waals surface area contributed by atoms with Gasteiger partial charge in [-0.2, -0.15) is 0 Å². The van der Waals surface area contributed by atoms with Crippen LogP contribution >= 0.6 is 11.3 Å². The standard InChI is InChI=1S/C14H16N2O5S2/c1-9-3-4-11(16(18)19)7-13(9)23(20,21)15-8-12(17)14-10(2)5-6-22-14/h3-7,12,15,17H,8H2,1-2H3. The van der Waals surface area contributed by atoms with Crippen LogP contribution in [0, 0.1) is 24.0 Å². The summed E-state index contributed by atoms with van der Waals surface area (Å²) in [6, 6.07) is 5.48. The van der Waals surface area contributed by atoms with Gasteiger partial charge in [0.25, 0.3) is 5.69 Å². The number of hydrogen-bond donors (Lipinski definition) is 2. The second kappa shape index (κ2) is 6.75. The van der Waals surface area contributed by atoms with Crippen molar-refractivity contribution in [2.75, 3.05) is 6.54 Å². The van der Waals surface area contributed by atoms with E-state index in [-0.39, 0.29) is 17.1 Å². The lowest BCUT2D eigenvalue weighted by Crippen LogP contribution is -2.29. The fourth-order valence-electron chi connectivity index (χ4n) is 2.08. The van der Waals surface area contributed by atoms with Crippen LogP contribution in [-0.2, 0) is 10.0 Å². The minimum atomic E-state index is -3.96. The molecule has 1 heterocycles. The van der Waals surface area contributed by atoms with Gasteiger partial charge < -0.3 is 5.11 Å². The Morgan fingerprint density at radius 2 is 2.00 bits per heavy atom. The first-order valence-electron chi connectivity index (χ1n) is 6.69. The van der Waals surface area contributed by atoms with E-state index in [1.54, 1.807) is 6.92 Å². The highest BCUT2D eigenvalue weighted by molar-refractivity contribution is 7.89. The Labute approximate surface area is 137 Å². The summed E-state index contributed by atoms with van der Waals surface area (Å²) in [6.45, 7) is 3.18. The number of nitrogens with zero attached hydrogens (tertiary/aromatic N) is 1. The summed E-state index contributed by atoms with van der Waals surface area (Å²) in [7, 11) is -3.96. The van der Waals surface area contributed by atoms with Gasteiger partial charge in [0.1, 0.15) is 6.10 Å². The summed E-state index contributed by atoms with van der Waals surface area (Å²) >= 11 is 1.34. The molecule has 2 N–H and O–H groups in total. The van der Waals surface area contributed by atoms with E-state index in [0.717, 1.165) is 11.6 Å². The second-order valence-corrected chi connectivity index (χ2v) is 7.73. The van der Waals surface area contributed by atoms with Gasteiger partial charge in [-0.3, -0.25) is 10.1 Å². The maximum absolute atomic E-state index is 12.3. The van der Waals surface area contributed by atoms with E-state index in [2.05, 4.69) is 4.72 Å². The van der Waals surface area contributed by atoms with Gasteiger partial charge in [0.2, 0.25) is 10.0 Å². The number of aliphatic hydroxyl groups excluding tert-OH is 1. The molecule has 0 aliphatic carbocycles. The molecule has 23 heavy (non-hydrogen) atoms. The van der Waals surface area contributed by atoms with Gasteiger partial charge in [-0.05, 0) is 36.4 Å². The number of nitro groups is 1. The van der Waals surface area contributed by atoms with Gasteiger partial charge in [-0.1, -0.05) is 6.07 Å². The number of rotatable bonds is 6. The quantitative estimate of drug-likeness (QED) is 0.609. The van der Waals surface area contributed by atoms with E-state index in [9.17, 15) is 23.6 Å². The van der Waals surface area contributed by atoms with Gasteiger partial charge >= 0.3 is 0 Å². The highest BCUT2D eigenvalue weighted by Gasteiger charge is 2.22. The van der Waals surface area contributed by atoms with E-state index in [4.69, 9.17) is 0 Å². The van der Waals surface area contributed by atoms with Crippen LogP contribution in [0.15, 0.2) is 34.5 Å². The van der Waals surface area contributed by atoms with Crippen LogP contribution in [0.25, 0.3) is 0 Å². The van der Waals surface area contributed by atoms with Gasteiger partial charge in [0, 0.05) is 23.6 Å². The lowest BCUT2D eigenvalue weighted by Gasteiger charge is -2.13. The van der Waals surface area contributed by atoms with Gasteiger partial charge in [-0.15, -0.1) is 11.3 Å². The highest BCUT2D eigenvalue weighted by atomic mass is 32.2. The molecule has 124 valence electrons. The van der Waals surface area contributed by atoms with E-state index < -0.39 is 21.1 Å². The Hall–Kier alpha value is -1.81. The fraction of sp³-hybridized carbons (Fsp3) is 0.286. The van der Waals surface area contributed by atoms with Crippen molar-refractivity contribution in [3.63, 3.8) is 0 Å². The molecule has 0 radical (unpaired) electrons. The molecule has 2 rings (SSSR count). The van der Waals surface area contributed by atoms with Gasteiger partial charge in [-0.25, -0.2) is 13.1 Å². The Balaban J connectivity index is 2.21. The molecule has 0 fully saturated rings. The molecule has 0 spiro atoms. The number of benzene rings is 1. The summed E-state index contributed by atoms with van der Waals surface area (Å²) in [6.07, 6.45) is -0.969. The van der Waals surface area contributed by atoms with E-state index in [0.29, 0.717) is 10.4 Å². The molecule has 2 aromatic rings. The summed E-state index contributed by atoms with van der Waals surface area (Å²) in [4.78, 5) is 10.7. The van der Waals surface area contributed by atoms with Crippen LogP contribution in [0.4, 0.5) is 5.69 Å². The zero-order chi connectivity index (χ0) is 17.2. The molecule has 1 aromatic carbocycles. The van der Waals surface area contributed by atoms with Crippen molar-refractivity contribution in [3.8, 4) is 0 Å².